The number of anilines is 1. The van der Waals surface area contributed by atoms with Gasteiger partial charge >= 0.3 is 0 Å². The van der Waals surface area contributed by atoms with Crippen molar-refractivity contribution in [2.45, 2.75) is 72.0 Å². The molecule has 0 radical (unpaired) electrons. The van der Waals surface area contributed by atoms with E-state index in [1.54, 1.807) is 0 Å². The standard InChI is InChI=1S/C17H29N3/c1-5-6-9-20(16-7-8-16)17-11-15(10-14(4)19-17)12-18-13(2)3/h10-11,13,16,18H,5-9,12H2,1-4H3. The molecule has 0 amide bonds. The summed E-state index contributed by atoms with van der Waals surface area (Å²) in [5.41, 5.74) is 2.48. The predicted molar refractivity (Wildman–Crippen MR) is 86.2 cm³/mol. The molecule has 0 bridgehead atoms. The summed E-state index contributed by atoms with van der Waals surface area (Å²) in [4.78, 5) is 7.30. The fraction of sp³-hybridized carbons (Fsp3) is 0.706. The zero-order valence-electron chi connectivity index (χ0n) is 13.4. The van der Waals surface area contributed by atoms with Gasteiger partial charge in [0.05, 0.1) is 0 Å². The zero-order valence-corrected chi connectivity index (χ0v) is 13.4. The maximum atomic E-state index is 4.77. The van der Waals surface area contributed by atoms with Gasteiger partial charge in [-0.1, -0.05) is 27.2 Å². The molecule has 0 atom stereocenters. The van der Waals surface area contributed by atoms with Gasteiger partial charge in [0, 0.05) is 30.9 Å². The summed E-state index contributed by atoms with van der Waals surface area (Å²) >= 11 is 0. The average molecular weight is 275 g/mol. The van der Waals surface area contributed by atoms with Crippen LogP contribution in [-0.4, -0.2) is 23.6 Å². The maximum absolute atomic E-state index is 4.77. The third kappa shape index (κ3) is 4.48. The largest absolute Gasteiger partial charge is 0.354 e. The first-order valence-electron chi connectivity index (χ1n) is 8.07. The van der Waals surface area contributed by atoms with Crippen molar-refractivity contribution in [1.29, 1.82) is 0 Å². The molecule has 3 nitrogen and oxygen atoms in total. The molecule has 2 rings (SSSR count). The molecular formula is C17H29N3. The minimum absolute atomic E-state index is 0.520. The number of nitrogens with one attached hydrogen (secondary N) is 1. The molecule has 0 aromatic carbocycles. The summed E-state index contributed by atoms with van der Waals surface area (Å²) < 4.78 is 0. The van der Waals surface area contributed by atoms with Crippen molar-refractivity contribution in [1.82, 2.24) is 10.3 Å². The lowest BCUT2D eigenvalue weighted by Crippen LogP contribution is -2.28. The quantitative estimate of drug-likeness (QED) is 0.785. The molecule has 1 aromatic heterocycles. The van der Waals surface area contributed by atoms with E-state index in [1.807, 2.05) is 0 Å². The third-order valence-corrected chi connectivity index (χ3v) is 3.75. The van der Waals surface area contributed by atoms with Crippen molar-refractivity contribution in [3.63, 3.8) is 0 Å². The highest BCUT2D eigenvalue weighted by Crippen LogP contribution is 2.31. The smallest absolute Gasteiger partial charge is 0.129 e. The molecule has 1 aliphatic carbocycles. The molecule has 0 saturated heterocycles. The monoisotopic (exact) mass is 275 g/mol. The number of hydrogen-bond donors (Lipinski definition) is 1. The minimum Gasteiger partial charge on any atom is -0.354 e. The van der Waals surface area contributed by atoms with Crippen LogP contribution in [0.15, 0.2) is 12.1 Å². The lowest BCUT2D eigenvalue weighted by atomic mass is 10.2. The molecule has 1 fully saturated rings. The van der Waals surface area contributed by atoms with Crippen molar-refractivity contribution in [3.8, 4) is 0 Å². The van der Waals surface area contributed by atoms with Crippen LogP contribution in [-0.2, 0) is 6.54 Å². The molecule has 1 saturated carbocycles. The molecule has 1 aliphatic rings. The molecular weight excluding hydrogens is 246 g/mol. The Morgan fingerprint density at radius 3 is 2.70 bits per heavy atom. The van der Waals surface area contributed by atoms with E-state index in [4.69, 9.17) is 4.98 Å². The Balaban J connectivity index is 2.11. The molecule has 0 aliphatic heterocycles. The van der Waals surface area contributed by atoms with Gasteiger partial charge in [-0.3, -0.25) is 0 Å². The number of hydrogen-bond acceptors (Lipinski definition) is 3. The van der Waals surface area contributed by atoms with Crippen LogP contribution < -0.4 is 10.2 Å². The van der Waals surface area contributed by atoms with Gasteiger partial charge < -0.3 is 10.2 Å². The Labute approximate surface area is 123 Å². The molecule has 1 aromatic rings. The number of unbranched alkanes of at least 4 members (excludes halogenated alkanes) is 1. The Morgan fingerprint density at radius 2 is 2.10 bits per heavy atom. The van der Waals surface area contributed by atoms with Gasteiger partial charge in [-0.05, 0) is 43.9 Å². The van der Waals surface area contributed by atoms with Crippen LogP contribution in [0.5, 0.6) is 0 Å². The summed E-state index contributed by atoms with van der Waals surface area (Å²) in [6.07, 6.45) is 5.17. The summed E-state index contributed by atoms with van der Waals surface area (Å²) in [5, 5.41) is 3.50. The highest BCUT2D eigenvalue weighted by atomic mass is 15.2. The second-order valence-electron chi connectivity index (χ2n) is 6.29. The first-order valence-corrected chi connectivity index (χ1v) is 8.07. The van der Waals surface area contributed by atoms with Crippen molar-refractivity contribution >= 4 is 5.82 Å². The van der Waals surface area contributed by atoms with Gasteiger partial charge in [0.15, 0.2) is 0 Å². The Morgan fingerprint density at radius 1 is 1.35 bits per heavy atom. The Hall–Kier alpha value is -1.09. The second-order valence-corrected chi connectivity index (χ2v) is 6.29. The van der Waals surface area contributed by atoms with Crippen LogP contribution >= 0.6 is 0 Å². The molecule has 0 spiro atoms. The maximum Gasteiger partial charge on any atom is 0.129 e. The fourth-order valence-corrected chi connectivity index (χ4v) is 2.49. The summed E-state index contributed by atoms with van der Waals surface area (Å²) in [6, 6.07) is 5.73. The minimum atomic E-state index is 0.520. The van der Waals surface area contributed by atoms with Gasteiger partial charge in [0.25, 0.3) is 0 Å². The van der Waals surface area contributed by atoms with E-state index in [0.717, 1.165) is 24.8 Å². The number of aromatic nitrogens is 1. The van der Waals surface area contributed by atoms with E-state index in [9.17, 15) is 0 Å². The molecule has 112 valence electrons. The first kappa shape index (κ1) is 15.3. The molecule has 1 heterocycles. The third-order valence-electron chi connectivity index (χ3n) is 3.75. The molecule has 0 unspecified atom stereocenters. The van der Waals surface area contributed by atoms with Crippen molar-refractivity contribution in [2.75, 3.05) is 11.4 Å². The van der Waals surface area contributed by atoms with E-state index in [2.05, 4.69) is 50.0 Å². The zero-order chi connectivity index (χ0) is 14.5. The number of rotatable bonds is 8. The highest BCUT2D eigenvalue weighted by Gasteiger charge is 2.29. The second kappa shape index (κ2) is 7.07. The topological polar surface area (TPSA) is 28.2 Å². The van der Waals surface area contributed by atoms with E-state index < -0.39 is 0 Å². The normalized spacial score (nSPS) is 14.8. The van der Waals surface area contributed by atoms with Crippen LogP contribution in [0.4, 0.5) is 5.82 Å². The molecule has 20 heavy (non-hydrogen) atoms. The van der Waals surface area contributed by atoms with Gasteiger partial charge in [0.2, 0.25) is 0 Å². The number of nitrogens with zero attached hydrogens (tertiary/aromatic N) is 2. The van der Waals surface area contributed by atoms with Crippen LogP contribution in [0.2, 0.25) is 0 Å². The van der Waals surface area contributed by atoms with Crippen LogP contribution in [0, 0.1) is 6.92 Å². The van der Waals surface area contributed by atoms with Crippen molar-refractivity contribution in [3.05, 3.63) is 23.4 Å². The van der Waals surface area contributed by atoms with E-state index in [0.29, 0.717) is 6.04 Å². The van der Waals surface area contributed by atoms with Crippen LogP contribution in [0.3, 0.4) is 0 Å². The Bertz CT molecular complexity index is 424. The first-order chi connectivity index (χ1) is 9.60. The van der Waals surface area contributed by atoms with Gasteiger partial charge in [0.1, 0.15) is 5.82 Å². The highest BCUT2D eigenvalue weighted by molar-refractivity contribution is 5.45. The van der Waals surface area contributed by atoms with Gasteiger partial charge in [-0.2, -0.15) is 0 Å². The predicted octanol–water partition coefficient (Wildman–Crippen LogP) is 3.66. The SMILES string of the molecule is CCCCN(c1cc(CNC(C)C)cc(C)n1)C1CC1. The lowest BCUT2D eigenvalue weighted by Gasteiger charge is -2.24. The summed E-state index contributed by atoms with van der Waals surface area (Å²) in [5.74, 6) is 1.18. The van der Waals surface area contributed by atoms with Crippen molar-refractivity contribution < 1.29 is 0 Å². The number of aryl methyl sites for hydroxylation is 1. The van der Waals surface area contributed by atoms with E-state index in [1.165, 1.54) is 37.1 Å². The Kier molecular flexibility index (Phi) is 5.41. The van der Waals surface area contributed by atoms with Crippen LogP contribution in [0.25, 0.3) is 0 Å². The van der Waals surface area contributed by atoms with E-state index >= 15 is 0 Å². The molecule has 1 N–H and O–H groups in total. The molecule has 3 heteroatoms. The van der Waals surface area contributed by atoms with Gasteiger partial charge in [-0.15, -0.1) is 0 Å². The fourth-order valence-electron chi connectivity index (χ4n) is 2.49. The van der Waals surface area contributed by atoms with Crippen LogP contribution in [0.1, 0.15) is 57.7 Å². The van der Waals surface area contributed by atoms with Crippen molar-refractivity contribution in [2.24, 2.45) is 0 Å². The summed E-state index contributed by atoms with van der Waals surface area (Å²) in [7, 11) is 0. The lowest BCUT2D eigenvalue weighted by molar-refractivity contribution is 0.588. The summed E-state index contributed by atoms with van der Waals surface area (Å²) in [6.45, 7) is 10.8. The average Bonchev–Trinajstić information content (AvgIpc) is 3.21. The van der Waals surface area contributed by atoms with E-state index in [-0.39, 0.29) is 0 Å². The number of pyridine rings is 1. The van der Waals surface area contributed by atoms with Gasteiger partial charge in [-0.25, -0.2) is 4.98 Å².